The van der Waals surface area contributed by atoms with Crippen LogP contribution in [0.25, 0.3) is 0 Å². The number of carbonyl (C=O) groups is 1. The maximum absolute atomic E-state index is 12.3. The lowest BCUT2D eigenvalue weighted by molar-refractivity contribution is 0.191. The molecule has 2 aliphatic heterocycles. The van der Waals surface area contributed by atoms with Crippen LogP contribution < -0.4 is 10.2 Å². The van der Waals surface area contributed by atoms with E-state index >= 15 is 0 Å². The lowest BCUT2D eigenvalue weighted by atomic mass is 10.1. The van der Waals surface area contributed by atoms with Gasteiger partial charge < -0.3 is 15.1 Å². The summed E-state index contributed by atoms with van der Waals surface area (Å²) in [6, 6.07) is 5.92. The molecule has 2 fully saturated rings. The molecule has 0 saturated carbocycles. The maximum atomic E-state index is 12.3. The Bertz CT molecular complexity index is 725. The van der Waals surface area contributed by atoms with E-state index in [1.54, 1.807) is 4.90 Å². The highest BCUT2D eigenvalue weighted by molar-refractivity contribution is 7.91. The molecule has 3 rings (SSSR count). The molecular weight excluding hydrogens is 326 g/mol. The van der Waals surface area contributed by atoms with Gasteiger partial charge in [0.1, 0.15) is 0 Å². The number of aryl methyl sites for hydroxylation is 1. The second-order valence-electron chi connectivity index (χ2n) is 6.74. The van der Waals surface area contributed by atoms with Crippen molar-refractivity contribution in [2.24, 2.45) is 0 Å². The van der Waals surface area contributed by atoms with Crippen LogP contribution >= 0.6 is 0 Å². The highest BCUT2D eigenvalue weighted by Crippen LogP contribution is 2.24. The number of nitrogens with zero attached hydrogens (tertiary/aromatic N) is 2. The van der Waals surface area contributed by atoms with Crippen molar-refractivity contribution in [2.75, 3.05) is 42.6 Å². The van der Waals surface area contributed by atoms with E-state index in [4.69, 9.17) is 0 Å². The van der Waals surface area contributed by atoms with Crippen LogP contribution in [0.5, 0.6) is 0 Å². The minimum atomic E-state index is -2.97. The molecule has 2 amide bonds. The number of sulfone groups is 1. The second kappa shape index (κ2) is 6.63. The summed E-state index contributed by atoms with van der Waals surface area (Å²) in [5.41, 5.74) is 3.79. The number of rotatable bonds is 2. The second-order valence-corrected chi connectivity index (χ2v) is 8.97. The van der Waals surface area contributed by atoms with Gasteiger partial charge in [0.15, 0.2) is 9.84 Å². The van der Waals surface area contributed by atoms with Crippen LogP contribution in [0, 0.1) is 13.8 Å². The number of piperazine rings is 1. The van der Waals surface area contributed by atoms with Crippen LogP contribution in [-0.4, -0.2) is 63.1 Å². The largest absolute Gasteiger partial charge is 0.368 e. The normalized spacial score (nSPS) is 23.3. The minimum Gasteiger partial charge on any atom is -0.368 e. The van der Waals surface area contributed by atoms with Gasteiger partial charge in [-0.3, -0.25) is 0 Å². The van der Waals surface area contributed by atoms with Crippen molar-refractivity contribution in [1.29, 1.82) is 0 Å². The molecule has 2 aliphatic rings. The molecular formula is C17H25N3O3S. The minimum absolute atomic E-state index is 0.0706. The van der Waals surface area contributed by atoms with E-state index < -0.39 is 9.84 Å². The summed E-state index contributed by atoms with van der Waals surface area (Å²) in [7, 11) is -2.97. The predicted octanol–water partition coefficient (Wildman–Crippen LogP) is 1.32. The Morgan fingerprint density at radius 1 is 1.17 bits per heavy atom. The molecule has 7 heteroatoms. The third-order valence-electron chi connectivity index (χ3n) is 5.04. The van der Waals surface area contributed by atoms with E-state index in [-0.39, 0.29) is 23.6 Å². The zero-order valence-corrected chi connectivity index (χ0v) is 15.1. The third-order valence-corrected chi connectivity index (χ3v) is 6.81. The van der Waals surface area contributed by atoms with Crippen molar-refractivity contribution in [3.8, 4) is 0 Å². The molecule has 2 heterocycles. The first-order chi connectivity index (χ1) is 11.4. The third kappa shape index (κ3) is 3.66. The molecule has 0 radical (unpaired) electrons. The number of nitrogens with one attached hydrogen (secondary N) is 1. The highest BCUT2D eigenvalue weighted by Gasteiger charge is 2.31. The molecule has 0 aromatic heterocycles. The summed E-state index contributed by atoms with van der Waals surface area (Å²) < 4.78 is 23.0. The Labute approximate surface area is 143 Å². The summed E-state index contributed by atoms with van der Waals surface area (Å²) >= 11 is 0. The topological polar surface area (TPSA) is 69.7 Å². The molecule has 24 heavy (non-hydrogen) atoms. The molecule has 132 valence electrons. The van der Waals surface area contributed by atoms with Gasteiger partial charge >= 0.3 is 6.03 Å². The quantitative estimate of drug-likeness (QED) is 0.872. The van der Waals surface area contributed by atoms with E-state index in [1.807, 2.05) is 0 Å². The molecule has 1 N–H and O–H groups in total. The maximum Gasteiger partial charge on any atom is 0.317 e. The number of hydrogen-bond donors (Lipinski definition) is 1. The first kappa shape index (κ1) is 17.1. The van der Waals surface area contributed by atoms with E-state index in [0.29, 0.717) is 19.5 Å². The fourth-order valence-corrected chi connectivity index (χ4v) is 5.08. The van der Waals surface area contributed by atoms with Crippen molar-refractivity contribution in [3.63, 3.8) is 0 Å². The lowest BCUT2D eigenvalue weighted by Crippen LogP contribution is -2.53. The highest BCUT2D eigenvalue weighted by atomic mass is 32.2. The lowest BCUT2D eigenvalue weighted by Gasteiger charge is -2.37. The number of benzene rings is 1. The van der Waals surface area contributed by atoms with E-state index in [0.717, 1.165) is 13.1 Å². The van der Waals surface area contributed by atoms with Crippen molar-refractivity contribution in [3.05, 3.63) is 29.3 Å². The Kier molecular flexibility index (Phi) is 4.71. The van der Waals surface area contributed by atoms with Gasteiger partial charge in [0.05, 0.1) is 11.5 Å². The Hall–Kier alpha value is -1.76. The summed E-state index contributed by atoms with van der Waals surface area (Å²) in [6.45, 7) is 7.13. The van der Waals surface area contributed by atoms with Crippen molar-refractivity contribution in [1.82, 2.24) is 10.2 Å². The average Bonchev–Trinajstić information content (AvgIpc) is 2.89. The van der Waals surface area contributed by atoms with Crippen LogP contribution in [0.2, 0.25) is 0 Å². The summed E-state index contributed by atoms with van der Waals surface area (Å²) in [4.78, 5) is 16.4. The van der Waals surface area contributed by atoms with E-state index in [9.17, 15) is 13.2 Å². The molecule has 0 spiro atoms. The summed E-state index contributed by atoms with van der Waals surface area (Å²) in [6.07, 6.45) is 0.524. The van der Waals surface area contributed by atoms with Gasteiger partial charge in [0, 0.05) is 37.9 Å². The van der Waals surface area contributed by atoms with Gasteiger partial charge in [-0.15, -0.1) is 0 Å². The van der Waals surface area contributed by atoms with Crippen LogP contribution in [0.4, 0.5) is 10.5 Å². The summed E-state index contributed by atoms with van der Waals surface area (Å²) in [5, 5.41) is 2.87. The van der Waals surface area contributed by atoms with Crippen molar-refractivity contribution >= 4 is 21.6 Å². The number of carbonyl (C=O) groups excluding carboxylic acids is 1. The van der Waals surface area contributed by atoms with Gasteiger partial charge in [-0.2, -0.15) is 0 Å². The standard InChI is InChI=1S/C17H25N3O3S/c1-13-4-3-5-16(14(13)2)19-7-9-20(10-8-19)17(21)18-15-6-11-24(22,23)12-15/h3-5,15H,6-12H2,1-2H3,(H,18,21). The first-order valence-electron chi connectivity index (χ1n) is 8.43. The molecule has 1 unspecified atom stereocenters. The van der Waals surface area contributed by atoms with Crippen LogP contribution in [0.15, 0.2) is 18.2 Å². The molecule has 6 nitrogen and oxygen atoms in total. The Morgan fingerprint density at radius 3 is 2.50 bits per heavy atom. The van der Waals surface area contributed by atoms with Gasteiger partial charge in [0.2, 0.25) is 0 Å². The van der Waals surface area contributed by atoms with Gasteiger partial charge in [-0.05, 0) is 37.5 Å². The van der Waals surface area contributed by atoms with E-state index in [2.05, 4.69) is 42.3 Å². The van der Waals surface area contributed by atoms with Crippen molar-refractivity contribution in [2.45, 2.75) is 26.3 Å². The zero-order chi connectivity index (χ0) is 17.3. The zero-order valence-electron chi connectivity index (χ0n) is 14.3. The number of anilines is 1. The number of urea groups is 1. The Morgan fingerprint density at radius 2 is 1.88 bits per heavy atom. The van der Waals surface area contributed by atoms with Crippen LogP contribution in [0.1, 0.15) is 17.5 Å². The molecule has 1 atom stereocenters. The first-order valence-corrected chi connectivity index (χ1v) is 10.2. The van der Waals surface area contributed by atoms with E-state index in [1.165, 1.54) is 16.8 Å². The molecule has 0 aliphatic carbocycles. The van der Waals surface area contributed by atoms with Crippen LogP contribution in [0.3, 0.4) is 0 Å². The molecule has 0 bridgehead atoms. The molecule has 1 aromatic rings. The predicted molar refractivity (Wildman–Crippen MR) is 95.3 cm³/mol. The fourth-order valence-electron chi connectivity index (χ4n) is 3.40. The fraction of sp³-hybridized carbons (Fsp3) is 0.588. The molecule has 1 aromatic carbocycles. The number of hydrogen-bond acceptors (Lipinski definition) is 4. The molecule has 2 saturated heterocycles. The monoisotopic (exact) mass is 351 g/mol. The Balaban J connectivity index is 1.55. The average molecular weight is 351 g/mol. The van der Waals surface area contributed by atoms with Gasteiger partial charge in [0.25, 0.3) is 0 Å². The van der Waals surface area contributed by atoms with Gasteiger partial charge in [-0.1, -0.05) is 12.1 Å². The number of amides is 2. The van der Waals surface area contributed by atoms with Crippen molar-refractivity contribution < 1.29 is 13.2 Å². The smallest absolute Gasteiger partial charge is 0.317 e. The van der Waals surface area contributed by atoms with Gasteiger partial charge in [-0.25, -0.2) is 13.2 Å². The summed E-state index contributed by atoms with van der Waals surface area (Å²) in [5.74, 6) is 0.250. The SMILES string of the molecule is Cc1cccc(N2CCN(C(=O)NC3CCS(=O)(=O)C3)CC2)c1C. The van der Waals surface area contributed by atoms with Crippen LogP contribution in [-0.2, 0) is 9.84 Å².